The second kappa shape index (κ2) is 19.0. The van der Waals surface area contributed by atoms with Crippen LogP contribution in [0, 0.1) is 11.8 Å². The van der Waals surface area contributed by atoms with Gasteiger partial charge in [0.1, 0.15) is 12.1 Å². The highest BCUT2D eigenvalue weighted by Crippen LogP contribution is 2.29. The summed E-state index contributed by atoms with van der Waals surface area (Å²) in [6.07, 6.45) is -3.51. The molecule has 0 bridgehead atoms. The number of halogens is 3. The molecule has 0 aliphatic rings. The third-order valence-electron chi connectivity index (χ3n) is 5.71. The summed E-state index contributed by atoms with van der Waals surface area (Å²) in [5.74, 6) is -1.09. The van der Waals surface area contributed by atoms with Crippen LogP contribution in [0.1, 0.15) is 70.4 Å². The molecule has 8 nitrogen and oxygen atoms in total. The molecule has 2 atom stereocenters. The van der Waals surface area contributed by atoms with Crippen molar-refractivity contribution in [1.29, 1.82) is 0 Å². The molecule has 12 heteroatoms. The van der Waals surface area contributed by atoms with Gasteiger partial charge in [0, 0.05) is 4.88 Å². The lowest BCUT2D eigenvalue weighted by atomic mass is 10.1. The Morgan fingerprint density at radius 3 is 1.72 bits per heavy atom. The highest BCUT2D eigenvalue weighted by atomic mass is 32.1. The first kappa shape index (κ1) is 37.6. The Balaban J connectivity index is 0.000000442. The Labute approximate surface area is 255 Å². The number of carbonyl (C=O) groups is 4. The Kier molecular flexibility index (Phi) is 16.6. The topological polar surface area (TPSA) is 111 Å². The maximum Gasteiger partial charge on any atom is 0.416 e. The van der Waals surface area contributed by atoms with Gasteiger partial charge in [0.25, 0.3) is 0 Å². The number of nitrogens with one attached hydrogen (secondary N) is 2. The quantitative estimate of drug-likeness (QED) is 0.259. The van der Waals surface area contributed by atoms with Gasteiger partial charge in [-0.1, -0.05) is 65.8 Å². The van der Waals surface area contributed by atoms with E-state index >= 15 is 0 Å². The Morgan fingerprint density at radius 1 is 0.791 bits per heavy atom. The number of amides is 2. The molecular formula is C31H43F3N2O6S. The second-order valence-electron chi connectivity index (χ2n) is 10.7. The predicted octanol–water partition coefficient (Wildman–Crippen LogP) is 5.73. The van der Waals surface area contributed by atoms with Crippen molar-refractivity contribution < 1.29 is 41.8 Å². The van der Waals surface area contributed by atoms with Gasteiger partial charge in [-0.3, -0.25) is 9.59 Å². The zero-order chi connectivity index (χ0) is 32.6. The van der Waals surface area contributed by atoms with Gasteiger partial charge in [0.2, 0.25) is 11.8 Å². The molecule has 43 heavy (non-hydrogen) atoms. The smallest absolute Gasteiger partial charge is 0.416 e. The lowest BCUT2D eigenvalue weighted by Gasteiger charge is -2.17. The van der Waals surface area contributed by atoms with Gasteiger partial charge < -0.3 is 20.1 Å². The van der Waals surface area contributed by atoms with E-state index in [0.717, 1.165) is 17.0 Å². The zero-order valence-electron chi connectivity index (χ0n) is 25.6. The summed E-state index contributed by atoms with van der Waals surface area (Å²) < 4.78 is 48.2. The summed E-state index contributed by atoms with van der Waals surface area (Å²) in [6, 6.07) is 7.02. The van der Waals surface area contributed by atoms with Crippen molar-refractivity contribution in [2.45, 2.75) is 85.5 Å². The molecular weight excluding hydrogens is 585 g/mol. The van der Waals surface area contributed by atoms with Crippen molar-refractivity contribution in [2.75, 3.05) is 13.2 Å². The van der Waals surface area contributed by atoms with E-state index in [1.165, 1.54) is 23.5 Å². The van der Waals surface area contributed by atoms with Crippen LogP contribution in [0.15, 0.2) is 41.8 Å². The number of ether oxygens (including phenoxy) is 2. The molecule has 0 saturated carbocycles. The van der Waals surface area contributed by atoms with E-state index < -0.39 is 35.7 Å². The Morgan fingerprint density at radius 2 is 1.30 bits per heavy atom. The molecule has 2 amide bonds. The number of rotatable bonds is 14. The van der Waals surface area contributed by atoms with Crippen LogP contribution in [-0.2, 0) is 47.7 Å². The third-order valence-corrected chi connectivity index (χ3v) is 6.58. The minimum Gasteiger partial charge on any atom is -0.464 e. The van der Waals surface area contributed by atoms with Crippen LogP contribution in [-0.4, -0.2) is 49.1 Å². The van der Waals surface area contributed by atoms with Crippen molar-refractivity contribution in [3.05, 3.63) is 57.8 Å². The summed E-state index contributed by atoms with van der Waals surface area (Å²) in [4.78, 5) is 48.4. The van der Waals surface area contributed by atoms with Crippen LogP contribution >= 0.6 is 11.3 Å². The molecule has 2 aromatic rings. The number of benzene rings is 1. The fourth-order valence-electron chi connectivity index (χ4n) is 3.46. The number of esters is 2. The number of alkyl halides is 3. The zero-order valence-corrected chi connectivity index (χ0v) is 26.4. The van der Waals surface area contributed by atoms with Gasteiger partial charge in [0.15, 0.2) is 0 Å². The largest absolute Gasteiger partial charge is 0.464 e. The summed E-state index contributed by atoms with van der Waals surface area (Å²) in [7, 11) is 0. The maximum absolute atomic E-state index is 12.7. The average Bonchev–Trinajstić information content (AvgIpc) is 3.44. The number of thiophene rings is 1. The summed E-state index contributed by atoms with van der Waals surface area (Å²) in [5, 5.41) is 7.15. The van der Waals surface area contributed by atoms with E-state index in [2.05, 4.69) is 10.6 Å². The molecule has 1 aromatic carbocycles. The SMILES string of the molecule is CCC(NC(=O)Cc1cccc(C(F)(F)F)c1)C(=O)OCC(C)C.CCC(NC(=O)Cc1cccs1)C(=O)OCC(C)C. The van der Waals surface area contributed by atoms with Crippen LogP contribution in [0.5, 0.6) is 0 Å². The van der Waals surface area contributed by atoms with Gasteiger partial charge in [0.05, 0.1) is 31.6 Å². The standard InChI is InChI=1S/C17H22F3NO3.C14H21NO3S/c1-4-14(16(23)24-10-11(2)3)21-15(22)9-12-6-5-7-13(8-12)17(18,19)20;1-4-12(14(17)18-9-10(2)3)15-13(16)8-11-6-5-7-19-11/h5-8,11,14H,4,9-10H2,1-3H3,(H,21,22);5-7,10,12H,4,8-9H2,1-3H3,(H,15,16). The lowest BCUT2D eigenvalue weighted by molar-refractivity contribution is -0.149. The van der Waals surface area contributed by atoms with Gasteiger partial charge in [-0.2, -0.15) is 13.2 Å². The van der Waals surface area contributed by atoms with Crippen molar-refractivity contribution in [1.82, 2.24) is 10.6 Å². The molecule has 2 rings (SSSR count). The first-order chi connectivity index (χ1) is 20.2. The van der Waals surface area contributed by atoms with Crippen LogP contribution in [0.4, 0.5) is 13.2 Å². The van der Waals surface area contributed by atoms with Crippen molar-refractivity contribution in [2.24, 2.45) is 11.8 Å². The van der Waals surface area contributed by atoms with Crippen molar-refractivity contribution in [3.63, 3.8) is 0 Å². The highest BCUT2D eigenvalue weighted by Gasteiger charge is 2.30. The molecule has 1 aromatic heterocycles. The molecule has 0 aliphatic carbocycles. The maximum atomic E-state index is 12.7. The van der Waals surface area contributed by atoms with Gasteiger partial charge in [-0.15, -0.1) is 11.3 Å². The molecule has 1 heterocycles. The van der Waals surface area contributed by atoms with Crippen molar-refractivity contribution in [3.8, 4) is 0 Å². The van der Waals surface area contributed by atoms with Crippen LogP contribution in [0.3, 0.4) is 0 Å². The van der Waals surface area contributed by atoms with Crippen molar-refractivity contribution >= 4 is 35.1 Å². The molecule has 2 N–H and O–H groups in total. The van der Waals surface area contributed by atoms with E-state index in [-0.39, 0.29) is 36.4 Å². The van der Waals surface area contributed by atoms with Crippen LogP contribution in [0.2, 0.25) is 0 Å². The van der Waals surface area contributed by atoms with E-state index in [4.69, 9.17) is 9.47 Å². The third kappa shape index (κ3) is 15.6. The highest BCUT2D eigenvalue weighted by molar-refractivity contribution is 7.10. The average molecular weight is 629 g/mol. The molecule has 0 aliphatic heterocycles. The number of hydrogen-bond donors (Lipinski definition) is 2. The molecule has 0 spiro atoms. The fraction of sp³-hybridized carbons (Fsp3) is 0.548. The number of hydrogen-bond acceptors (Lipinski definition) is 7. The summed E-state index contributed by atoms with van der Waals surface area (Å²) in [5.41, 5.74) is -0.580. The van der Waals surface area contributed by atoms with Gasteiger partial charge >= 0.3 is 18.1 Å². The summed E-state index contributed by atoms with van der Waals surface area (Å²) in [6.45, 7) is 11.9. The Hall–Kier alpha value is -3.41. The molecule has 240 valence electrons. The van der Waals surface area contributed by atoms with E-state index in [0.29, 0.717) is 31.8 Å². The monoisotopic (exact) mass is 628 g/mol. The first-order valence-electron chi connectivity index (χ1n) is 14.3. The molecule has 2 unspecified atom stereocenters. The Bertz CT molecular complexity index is 1150. The lowest BCUT2D eigenvalue weighted by Crippen LogP contribution is -2.42. The predicted molar refractivity (Wildman–Crippen MR) is 159 cm³/mol. The van der Waals surface area contributed by atoms with E-state index in [9.17, 15) is 32.3 Å². The van der Waals surface area contributed by atoms with Gasteiger partial charge in [-0.25, -0.2) is 9.59 Å². The van der Waals surface area contributed by atoms with E-state index in [1.807, 2.05) is 52.1 Å². The number of carbonyl (C=O) groups excluding carboxylic acids is 4. The normalized spacial score (nSPS) is 12.5. The second-order valence-corrected chi connectivity index (χ2v) is 11.8. The molecule has 0 fully saturated rings. The van der Waals surface area contributed by atoms with Crippen LogP contribution < -0.4 is 10.6 Å². The molecule has 0 radical (unpaired) electrons. The van der Waals surface area contributed by atoms with Gasteiger partial charge in [-0.05, 0) is 47.8 Å². The first-order valence-corrected chi connectivity index (χ1v) is 15.1. The minimum absolute atomic E-state index is 0.143. The fourth-order valence-corrected chi connectivity index (χ4v) is 4.16. The van der Waals surface area contributed by atoms with Crippen LogP contribution in [0.25, 0.3) is 0 Å². The summed E-state index contributed by atoms with van der Waals surface area (Å²) >= 11 is 1.53. The molecule has 0 saturated heterocycles. The van der Waals surface area contributed by atoms with E-state index in [1.54, 1.807) is 6.92 Å². The minimum atomic E-state index is -4.46.